The van der Waals surface area contributed by atoms with E-state index in [9.17, 15) is 4.79 Å². The van der Waals surface area contributed by atoms with Crippen molar-refractivity contribution in [3.8, 4) is 0 Å². The summed E-state index contributed by atoms with van der Waals surface area (Å²) in [5, 5.41) is 6.00. The number of urea groups is 1. The fourth-order valence-corrected chi connectivity index (χ4v) is 2.95. The minimum Gasteiger partial charge on any atom is -0.335 e. The lowest BCUT2D eigenvalue weighted by molar-refractivity contribution is 0.240. The summed E-state index contributed by atoms with van der Waals surface area (Å²) in [6.45, 7) is 1.48. The van der Waals surface area contributed by atoms with Gasteiger partial charge in [0.25, 0.3) is 0 Å². The molecule has 4 heteroatoms. The highest BCUT2D eigenvalue weighted by Crippen LogP contribution is 2.40. The van der Waals surface area contributed by atoms with Gasteiger partial charge in [0, 0.05) is 25.0 Å². The van der Waals surface area contributed by atoms with E-state index < -0.39 is 0 Å². The van der Waals surface area contributed by atoms with Crippen LogP contribution in [0.1, 0.15) is 29.0 Å². The molecular weight excluding hydrogens is 298 g/mol. The molecule has 2 unspecified atom stereocenters. The van der Waals surface area contributed by atoms with E-state index in [1.807, 2.05) is 18.2 Å². The zero-order chi connectivity index (χ0) is 16.9. The van der Waals surface area contributed by atoms with Gasteiger partial charge >= 0.3 is 6.03 Å². The molecule has 126 valence electrons. The monoisotopic (exact) mass is 323 g/mol. The number of carbonyl (C=O) groups is 1. The molecule has 2 aromatic carbocycles. The first-order valence-electron chi connectivity index (χ1n) is 8.43. The first-order valence-corrected chi connectivity index (χ1v) is 8.43. The lowest BCUT2D eigenvalue weighted by atomic mass is 10.1. The third-order valence-electron chi connectivity index (χ3n) is 4.31. The molecule has 24 heavy (non-hydrogen) atoms. The van der Waals surface area contributed by atoms with Gasteiger partial charge in [0.2, 0.25) is 0 Å². The third-order valence-corrected chi connectivity index (χ3v) is 4.31. The van der Waals surface area contributed by atoms with Crippen LogP contribution >= 0.6 is 0 Å². The van der Waals surface area contributed by atoms with E-state index in [4.69, 9.17) is 0 Å². The molecule has 2 atom stereocenters. The smallest absolute Gasteiger partial charge is 0.315 e. The Hall–Kier alpha value is -2.33. The van der Waals surface area contributed by atoms with Crippen molar-refractivity contribution in [1.29, 1.82) is 0 Å². The highest BCUT2D eigenvalue weighted by molar-refractivity contribution is 5.74. The normalized spacial score (nSPS) is 19.1. The highest BCUT2D eigenvalue weighted by Gasteiger charge is 2.39. The number of nitrogens with zero attached hydrogens (tertiary/aromatic N) is 1. The summed E-state index contributed by atoms with van der Waals surface area (Å²) in [4.78, 5) is 14.2. The molecule has 4 nitrogen and oxygen atoms in total. The van der Waals surface area contributed by atoms with E-state index in [-0.39, 0.29) is 12.1 Å². The number of benzene rings is 2. The SMILES string of the molecule is CN(C)Cc1ccc(CNC(=O)NC2CC2c2ccccc2)cc1. The van der Waals surface area contributed by atoms with Gasteiger partial charge in [-0.15, -0.1) is 0 Å². The van der Waals surface area contributed by atoms with Crippen LogP contribution in [-0.4, -0.2) is 31.1 Å². The topological polar surface area (TPSA) is 44.4 Å². The van der Waals surface area contributed by atoms with Crippen molar-refractivity contribution >= 4 is 6.03 Å². The molecule has 0 aliphatic heterocycles. The van der Waals surface area contributed by atoms with Crippen LogP contribution in [0, 0.1) is 0 Å². The van der Waals surface area contributed by atoms with Crippen molar-refractivity contribution in [2.24, 2.45) is 0 Å². The molecular formula is C20H25N3O. The molecule has 0 spiro atoms. The lowest BCUT2D eigenvalue weighted by Crippen LogP contribution is -2.36. The minimum absolute atomic E-state index is 0.0872. The van der Waals surface area contributed by atoms with E-state index in [0.717, 1.165) is 18.5 Å². The van der Waals surface area contributed by atoms with Crippen LogP contribution in [0.2, 0.25) is 0 Å². The number of hydrogen-bond donors (Lipinski definition) is 2. The summed E-state index contributed by atoms with van der Waals surface area (Å²) in [7, 11) is 4.11. The summed E-state index contributed by atoms with van der Waals surface area (Å²) in [6.07, 6.45) is 1.02. The van der Waals surface area contributed by atoms with Crippen LogP contribution < -0.4 is 10.6 Å². The van der Waals surface area contributed by atoms with Crippen molar-refractivity contribution in [2.75, 3.05) is 14.1 Å². The van der Waals surface area contributed by atoms with Gasteiger partial charge in [-0.05, 0) is 37.2 Å². The van der Waals surface area contributed by atoms with Gasteiger partial charge in [-0.3, -0.25) is 0 Å². The van der Waals surface area contributed by atoms with Crippen LogP contribution in [0.5, 0.6) is 0 Å². The summed E-state index contributed by atoms with van der Waals surface area (Å²) >= 11 is 0. The zero-order valence-corrected chi connectivity index (χ0v) is 14.3. The third kappa shape index (κ3) is 4.59. The fraction of sp³-hybridized carbons (Fsp3) is 0.350. The zero-order valence-electron chi connectivity index (χ0n) is 14.3. The van der Waals surface area contributed by atoms with Crippen molar-refractivity contribution < 1.29 is 4.79 Å². The molecule has 3 rings (SSSR count). The summed E-state index contributed by atoms with van der Waals surface area (Å²) in [5.41, 5.74) is 3.69. The highest BCUT2D eigenvalue weighted by atomic mass is 16.2. The summed E-state index contributed by atoms with van der Waals surface area (Å²) in [5.74, 6) is 0.460. The lowest BCUT2D eigenvalue weighted by Gasteiger charge is -2.11. The number of hydrogen-bond acceptors (Lipinski definition) is 2. The molecule has 2 amide bonds. The average molecular weight is 323 g/mol. The first kappa shape index (κ1) is 16.5. The Morgan fingerprint density at radius 3 is 2.38 bits per heavy atom. The van der Waals surface area contributed by atoms with E-state index >= 15 is 0 Å². The summed E-state index contributed by atoms with van der Waals surface area (Å²) in [6, 6.07) is 18.9. The first-order chi connectivity index (χ1) is 11.6. The molecule has 0 bridgehead atoms. The Morgan fingerprint density at radius 1 is 1.04 bits per heavy atom. The number of rotatable bonds is 6. The Morgan fingerprint density at radius 2 is 1.71 bits per heavy atom. The molecule has 0 radical (unpaired) electrons. The second kappa shape index (κ2) is 7.49. The molecule has 0 aromatic heterocycles. The maximum Gasteiger partial charge on any atom is 0.315 e. The largest absolute Gasteiger partial charge is 0.335 e. The van der Waals surface area contributed by atoms with Gasteiger partial charge in [-0.1, -0.05) is 54.6 Å². The minimum atomic E-state index is -0.0872. The Kier molecular flexibility index (Phi) is 5.16. The Balaban J connectivity index is 1.42. The predicted octanol–water partition coefficient (Wildman–Crippen LogP) is 3.10. The van der Waals surface area contributed by atoms with Crippen molar-refractivity contribution in [1.82, 2.24) is 15.5 Å². The Bertz CT molecular complexity index is 667. The number of carbonyl (C=O) groups excluding carboxylic acids is 1. The van der Waals surface area contributed by atoms with Crippen molar-refractivity contribution in [2.45, 2.75) is 31.5 Å². The predicted molar refractivity (Wildman–Crippen MR) is 96.8 cm³/mol. The van der Waals surface area contributed by atoms with Gasteiger partial charge in [0.05, 0.1) is 0 Å². The van der Waals surface area contributed by atoms with Gasteiger partial charge in [0.1, 0.15) is 0 Å². The summed E-state index contributed by atoms with van der Waals surface area (Å²) < 4.78 is 0. The van der Waals surface area contributed by atoms with Gasteiger partial charge in [0.15, 0.2) is 0 Å². The van der Waals surface area contributed by atoms with Gasteiger partial charge in [-0.2, -0.15) is 0 Å². The van der Waals surface area contributed by atoms with Crippen LogP contribution in [0.25, 0.3) is 0 Å². The number of amides is 2. The van der Waals surface area contributed by atoms with Gasteiger partial charge in [-0.25, -0.2) is 4.79 Å². The molecule has 2 aromatic rings. The molecule has 1 saturated carbocycles. The van der Waals surface area contributed by atoms with E-state index in [1.54, 1.807) is 0 Å². The van der Waals surface area contributed by atoms with Crippen LogP contribution in [0.4, 0.5) is 4.79 Å². The van der Waals surface area contributed by atoms with Gasteiger partial charge < -0.3 is 15.5 Å². The second-order valence-corrected chi connectivity index (χ2v) is 6.74. The van der Waals surface area contributed by atoms with Crippen molar-refractivity contribution in [3.05, 3.63) is 71.3 Å². The van der Waals surface area contributed by atoms with Crippen LogP contribution in [0.3, 0.4) is 0 Å². The Labute approximate surface area is 143 Å². The van der Waals surface area contributed by atoms with E-state index in [0.29, 0.717) is 12.5 Å². The molecule has 2 N–H and O–H groups in total. The standard InChI is InChI=1S/C20H25N3O/c1-23(2)14-16-10-8-15(9-11-16)13-21-20(24)22-19-12-18(19)17-6-4-3-5-7-17/h3-11,18-19H,12-14H2,1-2H3,(H2,21,22,24). The molecule has 0 heterocycles. The van der Waals surface area contributed by atoms with E-state index in [2.05, 4.69) is 66.0 Å². The molecule has 1 aliphatic rings. The van der Waals surface area contributed by atoms with Crippen LogP contribution in [-0.2, 0) is 13.1 Å². The van der Waals surface area contributed by atoms with Crippen LogP contribution in [0.15, 0.2) is 54.6 Å². The molecule has 1 fully saturated rings. The maximum atomic E-state index is 12.0. The average Bonchev–Trinajstić information content (AvgIpc) is 3.34. The number of nitrogens with one attached hydrogen (secondary N) is 2. The quantitative estimate of drug-likeness (QED) is 0.858. The molecule has 1 aliphatic carbocycles. The fourth-order valence-electron chi connectivity index (χ4n) is 2.95. The van der Waals surface area contributed by atoms with Crippen molar-refractivity contribution in [3.63, 3.8) is 0 Å². The maximum absolute atomic E-state index is 12.0. The second-order valence-electron chi connectivity index (χ2n) is 6.74. The molecule has 0 saturated heterocycles. The van der Waals surface area contributed by atoms with E-state index in [1.165, 1.54) is 11.1 Å².